The van der Waals surface area contributed by atoms with E-state index in [1.165, 1.54) is 0 Å². The van der Waals surface area contributed by atoms with Gasteiger partial charge in [-0.05, 0) is 6.92 Å². The van der Waals surface area contributed by atoms with E-state index in [-0.39, 0.29) is 11.4 Å². The number of oxazole rings is 1. The van der Waals surface area contributed by atoms with E-state index in [2.05, 4.69) is 25.8 Å². The van der Waals surface area contributed by atoms with Crippen molar-refractivity contribution in [2.75, 3.05) is 5.73 Å². The molecule has 0 spiro atoms. The summed E-state index contributed by atoms with van der Waals surface area (Å²) in [5.41, 5.74) is 6.28. The molecule has 1 aromatic heterocycles. The summed E-state index contributed by atoms with van der Waals surface area (Å²) in [6, 6.07) is 0.257. The predicted molar refractivity (Wildman–Crippen MR) is 44.4 cm³/mol. The van der Waals surface area contributed by atoms with Crippen LogP contribution in [0, 0.1) is 6.92 Å². The summed E-state index contributed by atoms with van der Waals surface area (Å²) < 4.78 is 5.25. The van der Waals surface area contributed by atoms with Crippen molar-refractivity contribution in [1.29, 1.82) is 0 Å². The minimum atomic E-state index is -0.00525. The molecule has 3 heteroatoms. The smallest absolute Gasteiger partial charge is 0.292 e. The predicted octanol–water partition coefficient (Wildman–Crippen LogP) is 1.86. The molecule has 0 unspecified atom stereocenters. The van der Waals surface area contributed by atoms with Crippen molar-refractivity contribution in [3.8, 4) is 0 Å². The lowest BCUT2D eigenvalue weighted by Crippen LogP contribution is -2.11. The molecule has 0 atom stereocenters. The van der Waals surface area contributed by atoms with Gasteiger partial charge in [-0.1, -0.05) is 20.8 Å². The molecule has 0 saturated carbocycles. The highest BCUT2D eigenvalue weighted by molar-refractivity contribution is 5.23. The number of nitrogen functional groups attached to an aromatic ring is 1. The van der Waals surface area contributed by atoms with Gasteiger partial charge in [0, 0.05) is 5.41 Å². The van der Waals surface area contributed by atoms with Crippen LogP contribution < -0.4 is 5.73 Å². The Kier molecular flexibility index (Phi) is 1.66. The van der Waals surface area contributed by atoms with Gasteiger partial charge in [0.2, 0.25) is 0 Å². The van der Waals surface area contributed by atoms with Crippen molar-refractivity contribution in [3.05, 3.63) is 11.5 Å². The molecular weight excluding hydrogens is 140 g/mol. The normalized spacial score (nSPS) is 12.0. The van der Waals surface area contributed by atoms with E-state index in [0.717, 1.165) is 11.5 Å². The first kappa shape index (κ1) is 8.11. The van der Waals surface area contributed by atoms with Crippen molar-refractivity contribution in [3.63, 3.8) is 0 Å². The maximum absolute atomic E-state index is 5.40. The standard InChI is InChI=1S/C8H14N2O/c1-5-6(8(2,3)4)11-7(9)10-5/h1-4H3,(H2,9,10). The monoisotopic (exact) mass is 154 g/mol. The average molecular weight is 154 g/mol. The van der Waals surface area contributed by atoms with Gasteiger partial charge in [0.05, 0.1) is 5.69 Å². The van der Waals surface area contributed by atoms with Gasteiger partial charge >= 0.3 is 0 Å². The molecule has 62 valence electrons. The summed E-state index contributed by atoms with van der Waals surface area (Å²) >= 11 is 0. The van der Waals surface area contributed by atoms with Gasteiger partial charge in [0.15, 0.2) is 0 Å². The SMILES string of the molecule is Cc1nc(N)oc1C(C)(C)C. The van der Waals surface area contributed by atoms with Crippen LogP contribution in [0.4, 0.5) is 6.01 Å². The number of hydrogen-bond donors (Lipinski definition) is 1. The second kappa shape index (κ2) is 2.26. The van der Waals surface area contributed by atoms with Gasteiger partial charge in [-0.2, -0.15) is 4.98 Å². The zero-order valence-electron chi connectivity index (χ0n) is 7.43. The van der Waals surface area contributed by atoms with Gasteiger partial charge < -0.3 is 10.2 Å². The Labute approximate surface area is 66.6 Å². The van der Waals surface area contributed by atoms with E-state index in [1.807, 2.05) is 6.92 Å². The Bertz CT molecular complexity index is 258. The highest BCUT2D eigenvalue weighted by Gasteiger charge is 2.21. The lowest BCUT2D eigenvalue weighted by atomic mass is 9.92. The average Bonchev–Trinajstić information content (AvgIpc) is 2.08. The Balaban J connectivity index is 3.13. The Morgan fingerprint density at radius 3 is 2.09 bits per heavy atom. The summed E-state index contributed by atoms with van der Waals surface area (Å²) in [5.74, 6) is 0.870. The van der Waals surface area contributed by atoms with Crippen molar-refractivity contribution < 1.29 is 4.42 Å². The number of hydrogen-bond acceptors (Lipinski definition) is 3. The molecule has 1 rings (SSSR count). The Hall–Kier alpha value is -0.990. The van der Waals surface area contributed by atoms with Gasteiger partial charge in [0.25, 0.3) is 6.01 Å². The van der Waals surface area contributed by atoms with Crippen molar-refractivity contribution >= 4 is 6.01 Å². The summed E-state index contributed by atoms with van der Waals surface area (Å²) in [6.07, 6.45) is 0. The van der Waals surface area contributed by atoms with Crippen LogP contribution in [0.5, 0.6) is 0 Å². The van der Waals surface area contributed by atoms with Crippen LogP contribution in [0.3, 0.4) is 0 Å². The highest BCUT2D eigenvalue weighted by Crippen LogP contribution is 2.26. The molecular formula is C8H14N2O. The van der Waals surface area contributed by atoms with E-state index in [1.54, 1.807) is 0 Å². The minimum Gasteiger partial charge on any atom is -0.428 e. The van der Waals surface area contributed by atoms with Crippen LogP contribution in [0.25, 0.3) is 0 Å². The first-order valence-electron chi connectivity index (χ1n) is 3.64. The van der Waals surface area contributed by atoms with E-state index < -0.39 is 0 Å². The third-order valence-electron chi connectivity index (χ3n) is 1.49. The van der Waals surface area contributed by atoms with E-state index in [0.29, 0.717) is 0 Å². The van der Waals surface area contributed by atoms with Crippen LogP contribution in [0.1, 0.15) is 32.2 Å². The van der Waals surface area contributed by atoms with Crippen LogP contribution in [0.2, 0.25) is 0 Å². The zero-order valence-corrected chi connectivity index (χ0v) is 7.43. The highest BCUT2D eigenvalue weighted by atomic mass is 16.4. The fraction of sp³-hybridized carbons (Fsp3) is 0.625. The number of aromatic nitrogens is 1. The summed E-state index contributed by atoms with van der Waals surface area (Å²) in [6.45, 7) is 8.11. The molecule has 0 aromatic carbocycles. The third-order valence-corrected chi connectivity index (χ3v) is 1.49. The van der Waals surface area contributed by atoms with Crippen LogP contribution in [0.15, 0.2) is 4.42 Å². The first-order chi connectivity index (χ1) is 4.91. The summed E-state index contributed by atoms with van der Waals surface area (Å²) in [4.78, 5) is 3.99. The molecule has 2 N–H and O–H groups in total. The van der Waals surface area contributed by atoms with Gasteiger partial charge in [-0.15, -0.1) is 0 Å². The number of nitrogens with two attached hydrogens (primary N) is 1. The largest absolute Gasteiger partial charge is 0.428 e. The van der Waals surface area contributed by atoms with Crippen LogP contribution in [-0.4, -0.2) is 4.98 Å². The second-order valence-electron chi connectivity index (χ2n) is 3.72. The molecule has 0 amide bonds. The van der Waals surface area contributed by atoms with Gasteiger partial charge in [0.1, 0.15) is 5.76 Å². The molecule has 1 heterocycles. The number of rotatable bonds is 0. The molecule has 3 nitrogen and oxygen atoms in total. The molecule has 0 radical (unpaired) electrons. The summed E-state index contributed by atoms with van der Waals surface area (Å²) in [7, 11) is 0. The Morgan fingerprint density at radius 1 is 1.36 bits per heavy atom. The fourth-order valence-electron chi connectivity index (χ4n) is 1.11. The Morgan fingerprint density at radius 2 is 1.91 bits per heavy atom. The molecule has 11 heavy (non-hydrogen) atoms. The third kappa shape index (κ3) is 1.53. The molecule has 0 saturated heterocycles. The molecule has 0 bridgehead atoms. The van der Waals surface area contributed by atoms with E-state index >= 15 is 0 Å². The lowest BCUT2D eigenvalue weighted by Gasteiger charge is -2.14. The minimum absolute atomic E-state index is 0.00525. The maximum Gasteiger partial charge on any atom is 0.292 e. The fourth-order valence-corrected chi connectivity index (χ4v) is 1.11. The quantitative estimate of drug-likeness (QED) is 0.620. The second-order valence-corrected chi connectivity index (χ2v) is 3.72. The van der Waals surface area contributed by atoms with E-state index in [9.17, 15) is 0 Å². The molecule has 0 aliphatic carbocycles. The number of aryl methyl sites for hydroxylation is 1. The maximum atomic E-state index is 5.40. The zero-order chi connectivity index (χ0) is 8.65. The number of anilines is 1. The topological polar surface area (TPSA) is 52.0 Å². The summed E-state index contributed by atoms with van der Waals surface area (Å²) in [5, 5.41) is 0. The number of nitrogens with zero attached hydrogens (tertiary/aromatic N) is 1. The lowest BCUT2D eigenvalue weighted by molar-refractivity contribution is 0.415. The van der Waals surface area contributed by atoms with Crippen molar-refractivity contribution in [2.45, 2.75) is 33.1 Å². The van der Waals surface area contributed by atoms with Crippen molar-refractivity contribution in [1.82, 2.24) is 4.98 Å². The molecule has 0 aliphatic heterocycles. The van der Waals surface area contributed by atoms with Crippen LogP contribution >= 0.6 is 0 Å². The first-order valence-corrected chi connectivity index (χ1v) is 3.64. The molecule has 1 aromatic rings. The van der Waals surface area contributed by atoms with E-state index in [4.69, 9.17) is 10.2 Å². The molecule has 0 aliphatic rings. The van der Waals surface area contributed by atoms with Crippen molar-refractivity contribution in [2.24, 2.45) is 0 Å². The van der Waals surface area contributed by atoms with Gasteiger partial charge in [-0.3, -0.25) is 0 Å². The molecule has 0 fully saturated rings. The van der Waals surface area contributed by atoms with Gasteiger partial charge in [-0.25, -0.2) is 0 Å². The van der Waals surface area contributed by atoms with Crippen LogP contribution in [-0.2, 0) is 5.41 Å².